The molecule has 164 valence electrons. The Balaban J connectivity index is 0.00000363. The summed E-state index contributed by atoms with van der Waals surface area (Å²) in [6, 6.07) is 7.25. The van der Waals surface area contributed by atoms with Crippen LogP contribution in [0.15, 0.2) is 57.7 Å². The Morgan fingerprint density at radius 3 is 2.28 bits per heavy atom. The molecule has 0 unspecified atom stereocenters. The number of sulfonamides is 1. The molecule has 0 amide bonds. The molecule has 1 aromatic heterocycles. The first-order chi connectivity index (χ1) is 14.3. The number of benzene rings is 2. The third-order valence-electron chi connectivity index (χ3n) is 4.02. The molecule has 32 heavy (non-hydrogen) atoms. The molecule has 3 rings (SSSR count). The molecule has 0 aliphatic heterocycles. The molecule has 0 aliphatic carbocycles. The van der Waals surface area contributed by atoms with Gasteiger partial charge >= 0.3 is 41.9 Å². The van der Waals surface area contributed by atoms with Crippen molar-refractivity contribution >= 4 is 43.4 Å². The van der Waals surface area contributed by atoms with Crippen molar-refractivity contribution in [2.24, 2.45) is 4.40 Å². The van der Waals surface area contributed by atoms with Gasteiger partial charge in [0, 0.05) is 10.6 Å². The number of alkyl halides is 6. The van der Waals surface area contributed by atoms with Gasteiger partial charge in [-0.05, 0) is 46.2 Å². The first-order valence-corrected chi connectivity index (χ1v) is 10.6. The van der Waals surface area contributed by atoms with E-state index in [0.29, 0.717) is 16.4 Å². The fraction of sp³-hybridized carbons (Fsp3) is 0.105. The topological polar surface area (TPSA) is 69.6 Å². The maximum absolute atomic E-state index is 13.2. The standard InChI is InChI=1S/C19H11F6NO3S2.Na/c20-18(21,22)12-5-6-14(15(9-12)19(23,24)25)17(27)26-31(28,29)8-7-11-10-30-16-4-2-1-3-13(11)16;/h1-10H,(H,26,27);/q;+1/p-1/b8-7+;. The number of rotatable bonds is 4. The summed E-state index contributed by atoms with van der Waals surface area (Å²) in [4.78, 5) is 0. The number of hydrogen-bond donors (Lipinski definition) is 0. The molecular weight excluding hydrogens is 491 g/mol. The zero-order valence-electron chi connectivity index (χ0n) is 16.0. The van der Waals surface area contributed by atoms with E-state index < -0.39 is 45.0 Å². The number of nitrogens with zero attached hydrogens (tertiary/aromatic N) is 1. The van der Waals surface area contributed by atoms with Crippen molar-refractivity contribution in [3.05, 3.63) is 75.5 Å². The van der Waals surface area contributed by atoms with E-state index in [2.05, 4.69) is 4.40 Å². The van der Waals surface area contributed by atoms with Crippen LogP contribution in [-0.4, -0.2) is 14.3 Å². The van der Waals surface area contributed by atoms with E-state index in [1.54, 1.807) is 29.6 Å². The second-order valence-electron chi connectivity index (χ2n) is 6.16. The number of halogens is 6. The molecule has 4 nitrogen and oxygen atoms in total. The average Bonchev–Trinajstić information content (AvgIpc) is 3.07. The quantitative estimate of drug-likeness (QED) is 0.238. The fourth-order valence-corrected chi connectivity index (χ4v) is 4.26. The van der Waals surface area contributed by atoms with Gasteiger partial charge in [-0.3, -0.25) is 0 Å². The second kappa shape index (κ2) is 9.56. The van der Waals surface area contributed by atoms with Crippen molar-refractivity contribution in [2.75, 3.05) is 0 Å². The second-order valence-corrected chi connectivity index (χ2v) is 8.55. The third kappa shape index (κ3) is 6.13. The van der Waals surface area contributed by atoms with Crippen LogP contribution in [0.25, 0.3) is 16.2 Å². The summed E-state index contributed by atoms with van der Waals surface area (Å²) in [7, 11) is -4.66. The minimum absolute atomic E-state index is 0. The molecule has 0 saturated heterocycles. The SMILES string of the molecule is O=S(=O)(/C=C/c1csc2ccccc12)/N=C(\[O-])c1ccc(C(F)(F)F)cc1C(F)(F)F.[Na+]. The molecule has 0 fully saturated rings. The Morgan fingerprint density at radius 2 is 1.66 bits per heavy atom. The van der Waals surface area contributed by atoms with E-state index in [4.69, 9.17) is 0 Å². The van der Waals surface area contributed by atoms with Crippen LogP contribution in [0.1, 0.15) is 22.3 Å². The minimum atomic E-state index is -5.34. The predicted molar refractivity (Wildman–Crippen MR) is 103 cm³/mol. The Morgan fingerprint density at radius 1 is 1.00 bits per heavy atom. The minimum Gasteiger partial charge on any atom is -0.858 e. The van der Waals surface area contributed by atoms with E-state index in [9.17, 15) is 39.9 Å². The van der Waals surface area contributed by atoms with E-state index in [0.717, 1.165) is 10.8 Å². The fourth-order valence-electron chi connectivity index (χ4n) is 2.62. The summed E-state index contributed by atoms with van der Waals surface area (Å²) in [6.45, 7) is 0. The normalized spacial score (nSPS) is 13.5. The molecule has 0 spiro atoms. The van der Waals surface area contributed by atoms with E-state index in [-0.39, 0.29) is 47.8 Å². The Labute approximate surface area is 204 Å². The number of hydrogen-bond acceptors (Lipinski definition) is 4. The molecule has 1 heterocycles. The van der Waals surface area contributed by atoms with Crippen LogP contribution in [0.4, 0.5) is 26.3 Å². The van der Waals surface area contributed by atoms with E-state index >= 15 is 0 Å². The van der Waals surface area contributed by atoms with E-state index in [1.165, 1.54) is 11.3 Å². The largest absolute Gasteiger partial charge is 1.00 e. The van der Waals surface area contributed by atoms with Crippen LogP contribution in [0.2, 0.25) is 0 Å². The van der Waals surface area contributed by atoms with Crippen LogP contribution in [0.3, 0.4) is 0 Å². The van der Waals surface area contributed by atoms with Crippen molar-refractivity contribution in [3.8, 4) is 0 Å². The van der Waals surface area contributed by atoms with Crippen molar-refractivity contribution < 1.29 is 69.4 Å². The summed E-state index contributed by atoms with van der Waals surface area (Å²) in [5, 5.41) is 15.0. The first-order valence-electron chi connectivity index (χ1n) is 8.23. The number of fused-ring (bicyclic) bond motifs is 1. The molecule has 0 saturated carbocycles. The van der Waals surface area contributed by atoms with Gasteiger partial charge in [0.15, 0.2) is 0 Å². The van der Waals surface area contributed by atoms with Gasteiger partial charge < -0.3 is 5.11 Å². The molecule has 0 N–H and O–H groups in total. The summed E-state index contributed by atoms with van der Waals surface area (Å²) < 4.78 is 106. The Bertz CT molecular complexity index is 1290. The van der Waals surface area contributed by atoms with Crippen molar-refractivity contribution in [2.45, 2.75) is 12.4 Å². The van der Waals surface area contributed by atoms with Gasteiger partial charge in [-0.25, -0.2) is 0 Å². The van der Waals surface area contributed by atoms with Crippen LogP contribution in [0.5, 0.6) is 0 Å². The van der Waals surface area contributed by atoms with Gasteiger partial charge in [-0.2, -0.15) is 39.2 Å². The molecule has 0 aliphatic rings. The maximum Gasteiger partial charge on any atom is 1.00 e. The van der Waals surface area contributed by atoms with Gasteiger partial charge in [-0.1, -0.05) is 24.3 Å². The zero-order chi connectivity index (χ0) is 23.0. The van der Waals surface area contributed by atoms with Gasteiger partial charge in [0.2, 0.25) is 0 Å². The van der Waals surface area contributed by atoms with Crippen molar-refractivity contribution in [1.82, 2.24) is 0 Å². The molecule has 0 radical (unpaired) electrons. The molecule has 2 aromatic carbocycles. The zero-order valence-corrected chi connectivity index (χ0v) is 19.7. The smallest absolute Gasteiger partial charge is 0.858 e. The van der Waals surface area contributed by atoms with Crippen LogP contribution < -0.4 is 34.7 Å². The Kier molecular flexibility index (Phi) is 7.88. The average molecular weight is 501 g/mol. The van der Waals surface area contributed by atoms with Crippen LogP contribution in [0, 0.1) is 0 Å². The van der Waals surface area contributed by atoms with E-state index in [1.807, 2.05) is 0 Å². The summed E-state index contributed by atoms with van der Waals surface area (Å²) in [6.07, 6.45) is -9.30. The molecule has 3 aromatic rings. The molecule has 13 heteroatoms. The Hall–Kier alpha value is -1.86. The van der Waals surface area contributed by atoms with Gasteiger partial charge in [0.25, 0.3) is 10.0 Å². The van der Waals surface area contributed by atoms with Gasteiger partial charge in [0.1, 0.15) is 0 Å². The van der Waals surface area contributed by atoms with Crippen molar-refractivity contribution in [1.29, 1.82) is 0 Å². The summed E-state index contributed by atoms with van der Waals surface area (Å²) in [5.41, 5.74) is -4.39. The molecule has 0 atom stereocenters. The van der Waals surface area contributed by atoms with Gasteiger partial charge in [0.05, 0.1) is 16.5 Å². The predicted octanol–water partition coefficient (Wildman–Crippen LogP) is 2.05. The van der Waals surface area contributed by atoms with Crippen LogP contribution >= 0.6 is 11.3 Å². The first kappa shape index (κ1) is 26.4. The molecular formula is C19H10F6NNaO3S2. The third-order valence-corrected chi connectivity index (χ3v) is 5.91. The summed E-state index contributed by atoms with van der Waals surface area (Å²) >= 11 is 1.32. The van der Waals surface area contributed by atoms with Crippen molar-refractivity contribution in [3.63, 3.8) is 0 Å². The number of thiophene rings is 1. The monoisotopic (exact) mass is 501 g/mol. The van der Waals surface area contributed by atoms with Crippen LogP contribution in [-0.2, 0) is 22.4 Å². The molecule has 0 bridgehead atoms. The van der Waals surface area contributed by atoms with Gasteiger partial charge in [-0.15, -0.1) is 11.3 Å². The maximum atomic E-state index is 13.2. The summed E-state index contributed by atoms with van der Waals surface area (Å²) in [5.74, 6) is -1.83.